The van der Waals surface area contributed by atoms with E-state index >= 15 is 0 Å². The number of nitrogens with zero attached hydrogens (tertiary/aromatic N) is 1. The quantitative estimate of drug-likeness (QED) is 0.876. The molecule has 1 amide bonds. The summed E-state index contributed by atoms with van der Waals surface area (Å²) < 4.78 is 7.10. The zero-order valence-electron chi connectivity index (χ0n) is 11.3. The van der Waals surface area contributed by atoms with Gasteiger partial charge in [-0.15, -0.1) is 0 Å². The monoisotopic (exact) mass is 238 g/mol. The second kappa shape index (κ2) is 5.75. The molecule has 0 bridgehead atoms. The Morgan fingerprint density at radius 2 is 2.12 bits per heavy atom. The van der Waals surface area contributed by atoms with Crippen LogP contribution in [0.4, 0.5) is 4.79 Å². The Labute approximate surface area is 103 Å². The SMILES string of the molecule is CCOC(=O)NCc1cc(C)n(C(C)C)c1C. The summed E-state index contributed by atoms with van der Waals surface area (Å²) in [6, 6.07) is 2.55. The van der Waals surface area contributed by atoms with Crippen molar-refractivity contribution in [3.63, 3.8) is 0 Å². The minimum absolute atomic E-state index is 0.359. The third-order valence-corrected chi connectivity index (χ3v) is 2.80. The molecule has 0 aliphatic rings. The van der Waals surface area contributed by atoms with Gasteiger partial charge >= 0.3 is 6.09 Å². The Bertz CT molecular complexity index is 394. The van der Waals surface area contributed by atoms with Crippen molar-refractivity contribution in [3.8, 4) is 0 Å². The van der Waals surface area contributed by atoms with Crippen molar-refractivity contribution >= 4 is 6.09 Å². The predicted molar refractivity (Wildman–Crippen MR) is 68.2 cm³/mol. The third-order valence-electron chi connectivity index (χ3n) is 2.80. The summed E-state index contributed by atoms with van der Waals surface area (Å²) >= 11 is 0. The molecule has 0 fully saturated rings. The van der Waals surface area contributed by atoms with Crippen LogP contribution in [0.1, 0.15) is 43.8 Å². The van der Waals surface area contributed by atoms with Crippen LogP contribution in [0.3, 0.4) is 0 Å². The van der Waals surface area contributed by atoms with Crippen LogP contribution in [-0.4, -0.2) is 17.3 Å². The molecule has 0 aromatic carbocycles. The molecule has 4 nitrogen and oxygen atoms in total. The maximum Gasteiger partial charge on any atom is 0.407 e. The zero-order chi connectivity index (χ0) is 13.0. The molecular formula is C13H22N2O2. The number of aryl methyl sites for hydroxylation is 1. The van der Waals surface area contributed by atoms with Gasteiger partial charge in [0.05, 0.1) is 6.61 Å². The number of rotatable bonds is 4. The number of nitrogens with one attached hydrogen (secondary N) is 1. The second-order valence-electron chi connectivity index (χ2n) is 4.43. The summed E-state index contributed by atoms with van der Waals surface area (Å²) in [5.74, 6) is 0. The van der Waals surface area contributed by atoms with Crippen LogP contribution in [-0.2, 0) is 11.3 Å². The highest BCUT2D eigenvalue weighted by molar-refractivity contribution is 5.67. The summed E-state index contributed by atoms with van der Waals surface area (Å²) in [6.07, 6.45) is -0.359. The Hall–Kier alpha value is -1.45. The van der Waals surface area contributed by atoms with Gasteiger partial charge < -0.3 is 14.6 Å². The fourth-order valence-corrected chi connectivity index (χ4v) is 2.17. The zero-order valence-corrected chi connectivity index (χ0v) is 11.3. The molecular weight excluding hydrogens is 216 g/mol. The van der Waals surface area contributed by atoms with E-state index in [1.165, 1.54) is 11.4 Å². The number of carbonyl (C=O) groups is 1. The minimum atomic E-state index is -0.359. The average molecular weight is 238 g/mol. The molecule has 4 heteroatoms. The van der Waals surface area contributed by atoms with Gasteiger partial charge in [0.1, 0.15) is 0 Å². The van der Waals surface area contributed by atoms with Crippen LogP contribution < -0.4 is 5.32 Å². The highest BCUT2D eigenvalue weighted by Crippen LogP contribution is 2.19. The van der Waals surface area contributed by atoms with Crippen LogP contribution in [0.2, 0.25) is 0 Å². The lowest BCUT2D eigenvalue weighted by Crippen LogP contribution is -2.23. The number of carbonyl (C=O) groups excluding carboxylic acids is 1. The van der Waals surface area contributed by atoms with Crippen molar-refractivity contribution in [3.05, 3.63) is 23.0 Å². The first-order chi connectivity index (χ1) is 7.97. The van der Waals surface area contributed by atoms with Crippen molar-refractivity contribution in [1.82, 2.24) is 9.88 Å². The number of aromatic nitrogens is 1. The Balaban J connectivity index is 2.73. The molecule has 0 radical (unpaired) electrons. The van der Waals surface area contributed by atoms with Crippen molar-refractivity contribution in [1.29, 1.82) is 0 Å². The molecule has 17 heavy (non-hydrogen) atoms. The van der Waals surface area contributed by atoms with E-state index in [0.717, 1.165) is 5.56 Å². The van der Waals surface area contributed by atoms with E-state index in [9.17, 15) is 4.79 Å². The van der Waals surface area contributed by atoms with E-state index in [1.54, 1.807) is 6.92 Å². The molecule has 0 unspecified atom stereocenters. The fourth-order valence-electron chi connectivity index (χ4n) is 2.17. The lowest BCUT2D eigenvalue weighted by molar-refractivity contribution is 0.151. The predicted octanol–water partition coefficient (Wildman–Crippen LogP) is 2.93. The van der Waals surface area contributed by atoms with Crippen LogP contribution in [0.5, 0.6) is 0 Å². The fraction of sp³-hybridized carbons (Fsp3) is 0.615. The van der Waals surface area contributed by atoms with Crippen molar-refractivity contribution in [2.24, 2.45) is 0 Å². The molecule has 1 heterocycles. The molecule has 0 spiro atoms. The van der Waals surface area contributed by atoms with E-state index in [-0.39, 0.29) is 6.09 Å². The first-order valence-electron chi connectivity index (χ1n) is 6.05. The molecule has 1 aromatic heterocycles. The summed E-state index contributed by atoms with van der Waals surface area (Å²) in [7, 11) is 0. The van der Waals surface area contributed by atoms with E-state index in [0.29, 0.717) is 19.2 Å². The van der Waals surface area contributed by atoms with Crippen molar-refractivity contribution < 1.29 is 9.53 Å². The first kappa shape index (κ1) is 13.6. The molecule has 0 aliphatic carbocycles. The molecule has 0 saturated heterocycles. The summed E-state index contributed by atoms with van der Waals surface area (Å²) in [6.45, 7) is 11.2. The molecule has 0 saturated carbocycles. The normalized spacial score (nSPS) is 10.7. The van der Waals surface area contributed by atoms with E-state index in [2.05, 4.69) is 43.6 Å². The van der Waals surface area contributed by atoms with Gasteiger partial charge in [-0.2, -0.15) is 0 Å². The van der Waals surface area contributed by atoms with Gasteiger partial charge in [0, 0.05) is 24.0 Å². The molecule has 1 rings (SSSR count). The highest BCUT2D eigenvalue weighted by atomic mass is 16.5. The van der Waals surface area contributed by atoms with Gasteiger partial charge in [-0.25, -0.2) is 4.79 Å². The Morgan fingerprint density at radius 1 is 1.47 bits per heavy atom. The Morgan fingerprint density at radius 3 is 2.59 bits per heavy atom. The lowest BCUT2D eigenvalue weighted by atomic mass is 10.2. The van der Waals surface area contributed by atoms with Crippen LogP contribution in [0, 0.1) is 13.8 Å². The number of hydrogen-bond acceptors (Lipinski definition) is 2. The highest BCUT2D eigenvalue weighted by Gasteiger charge is 2.11. The van der Waals surface area contributed by atoms with E-state index < -0.39 is 0 Å². The van der Waals surface area contributed by atoms with Gasteiger partial charge in [0.2, 0.25) is 0 Å². The van der Waals surface area contributed by atoms with Crippen molar-refractivity contribution in [2.45, 2.75) is 47.2 Å². The molecule has 0 aliphatic heterocycles. The average Bonchev–Trinajstić information content (AvgIpc) is 2.51. The summed E-state index contributed by atoms with van der Waals surface area (Å²) in [4.78, 5) is 11.2. The van der Waals surface area contributed by atoms with Gasteiger partial charge in [0.25, 0.3) is 0 Å². The molecule has 1 N–H and O–H groups in total. The van der Waals surface area contributed by atoms with Crippen LogP contribution in [0.25, 0.3) is 0 Å². The Kier molecular flexibility index (Phi) is 4.61. The van der Waals surface area contributed by atoms with Gasteiger partial charge in [0.15, 0.2) is 0 Å². The smallest absolute Gasteiger partial charge is 0.407 e. The van der Waals surface area contributed by atoms with Crippen LogP contribution in [0.15, 0.2) is 6.07 Å². The maximum atomic E-state index is 11.2. The largest absolute Gasteiger partial charge is 0.450 e. The number of alkyl carbamates (subject to hydrolysis) is 1. The first-order valence-corrected chi connectivity index (χ1v) is 6.05. The summed E-state index contributed by atoms with van der Waals surface area (Å²) in [5.41, 5.74) is 3.57. The standard InChI is InChI=1S/C13H22N2O2/c1-6-17-13(16)14-8-12-7-10(4)15(9(2)3)11(12)5/h7,9H,6,8H2,1-5H3,(H,14,16). The number of amides is 1. The van der Waals surface area contributed by atoms with Crippen LogP contribution >= 0.6 is 0 Å². The van der Waals surface area contributed by atoms with E-state index in [4.69, 9.17) is 4.74 Å². The maximum absolute atomic E-state index is 11.2. The second-order valence-corrected chi connectivity index (χ2v) is 4.43. The minimum Gasteiger partial charge on any atom is -0.450 e. The molecule has 96 valence electrons. The number of hydrogen-bond donors (Lipinski definition) is 1. The van der Waals surface area contributed by atoms with Gasteiger partial charge in [-0.05, 0) is 46.2 Å². The van der Waals surface area contributed by atoms with Crippen molar-refractivity contribution in [2.75, 3.05) is 6.61 Å². The van der Waals surface area contributed by atoms with Gasteiger partial charge in [-0.1, -0.05) is 0 Å². The molecule has 0 atom stereocenters. The van der Waals surface area contributed by atoms with E-state index in [1.807, 2.05) is 0 Å². The summed E-state index contributed by atoms with van der Waals surface area (Å²) in [5, 5.41) is 2.75. The lowest BCUT2D eigenvalue weighted by Gasteiger charge is -2.13. The topological polar surface area (TPSA) is 43.3 Å². The number of ether oxygens (including phenoxy) is 1. The van der Waals surface area contributed by atoms with Gasteiger partial charge in [-0.3, -0.25) is 0 Å². The third kappa shape index (κ3) is 3.25. The molecule has 1 aromatic rings.